The first-order chi connectivity index (χ1) is 2.77. The molecule has 0 saturated heterocycles. The Bertz CT molecular complexity index is 47.5. The van der Waals surface area contributed by atoms with Crippen molar-refractivity contribution in [3.8, 4) is 0 Å². The Kier molecular flexibility index (Phi) is 2.15. The zero-order valence-electron chi connectivity index (χ0n) is 3.55. The maximum absolute atomic E-state index is 6.18. The Morgan fingerprint density at radius 2 is 2.50 bits per heavy atom. The number of hydrogen-bond acceptors (Lipinski definition) is 2. The average molecular weight is 87.1 g/mol. The highest BCUT2D eigenvalue weighted by Gasteiger charge is 1.65. The molecule has 3 N–H and O–H groups in total. The molecule has 0 atom stereocenters. The summed E-state index contributed by atoms with van der Waals surface area (Å²) in [6.07, 6.45) is 1.19. The lowest BCUT2D eigenvalue weighted by Crippen LogP contribution is -2.23. The second kappa shape index (κ2) is 2.47. The molecule has 0 rings (SSSR count). The molecule has 0 amide bonds. The molecule has 0 aliphatic carbocycles. The van der Waals surface area contributed by atoms with Gasteiger partial charge in [-0.2, -0.15) is 0 Å². The van der Waals surface area contributed by atoms with E-state index in [0.29, 0.717) is 0 Å². The summed E-state index contributed by atoms with van der Waals surface area (Å²) in [5.41, 5.74) is 0. The molecule has 6 heavy (non-hydrogen) atoms. The number of hydrogen-bond donors (Lipinski definition) is 1. The van der Waals surface area contributed by atoms with Crippen molar-refractivity contribution >= 4 is 6.34 Å². The van der Waals surface area contributed by atoms with Gasteiger partial charge in [0.15, 0.2) is 0 Å². The zero-order chi connectivity index (χ0) is 4.99. The molecule has 36 valence electrons. The van der Waals surface area contributed by atoms with E-state index in [2.05, 4.69) is 5.10 Å². The fourth-order valence-corrected chi connectivity index (χ4v) is 0.0911. The third-order valence-electron chi connectivity index (χ3n) is 0.240. The van der Waals surface area contributed by atoms with Crippen molar-refractivity contribution in [3.05, 3.63) is 5.84 Å². The van der Waals surface area contributed by atoms with Crippen LogP contribution in [0.15, 0.2) is 5.10 Å². The molecule has 0 saturated carbocycles. The molecule has 4 heteroatoms. The van der Waals surface area contributed by atoms with Crippen LogP contribution in [0.4, 0.5) is 0 Å². The first-order valence-corrected chi connectivity index (χ1v) is 1.45. The summed E-state index contributed by atoms with van der Waals surface area (Å²) in [6.45, 7) is 0. The third kappa shape index (κ3) is 3.23. The lowest BCUT2D eigenvalue weighted by atomic mass is 11.1. The van der Waals surface area contributed by atoms with Gasteiger partial charge >= 0.3 is 0 Å². The van der Waals surface area contributed by atoms with E-state index in [1.54, 1.807) is 7.05 Å². The zero-order valence-corrected chi connectivity index (χ0v) is 3.55. The number of nitrogens with zero attached hydrogens (tertiary/aromatic N) is 2. The molecule has 0 aliphatic rings. The van der Waals surface area contributed by atoms with Gasteiger partial charge in [0.1, 0.15) is 0 Å². The van der Waals surface area contributed by atoms with Gasteiger partial charge in [-0.1, -0.05) is 0 Å². The highest BCUT2D eigenvalue weighted by Crippen LogP contribution is 1.58. The van der Waals surface area contributed by atoms with E-state index in [1.165, 1.54) is 11.3 Å². The first-order valence-electron chi connectivity index (χ1n) is 1.45. The fraction of sp³-hybridized carbons (Fsp3) is 0.500. The van der Waals surface area contributed by atoms with Crippen LogP contribution in [-0.4, -0.2) is 18.4 Å². The molecule has 0 aliphatic heterocycles. The van der Waals surface area contributed by atoms with Gasteiger partial charge in [-0.15, -0.1) is 0 Å². The van der Waals surface area contributed by atoms with E-state index >= 15 is 0 Å². The minimum Gasteiger partial charge on any atom is -0.615 e. The van der Waals surface area contributed by atoms with Gasteiger partial charge in [0.25, 0.3) is 0 Å². The van der Waals surface area contributed by atoms with E-state index in [-0.39, 0.29) is 0 Å². The largest absolute Gasteiger partial charge is 0.615 e. The van der Waals surface area contributed by atoms with Crippen LogP contribution in [0.2, 0.25) is 0 Å². The van der Waals surface area contributed by atoms with Crippen molar-refractivity contribution in [2.24, 2.45) is 10.9 Å². The quantitative estimate of drug-likeness (QED) is 0.208. The van der Waals surface area contributed by atoms with Gasteiger partial charge in [-0.25, -0.2) is 5.84 Å². The summed E-state index contributed by atoms with van der Waals surface area (Å²) in [4.78, 5) is 0. The molecule has 0 fully saturated rings. The lowest BCUT2D eigenvalue weighted by molar-refractivity contribution is 0.556. The van der Waals surface area contributed by atoms with E-state index < -0.39 is 0 Å². The fourth-order valence-electron chi connectivity index (χ4n) is 0.0911. The molecule has 0 bridgehead atoms. The standard InChI is InChI=1S/C2H7N4/c1-6(4)2-5-3/h2-3H,4H2,1H3/q-1/b5-2-. The second-order valence-electron chi connectivity index (χ2n) is 0.910. The summed E-state index contributed by atoms with van der Waals surface area (Å²) in [5.74, 6) is 11.1. The molecular weight excluding hydrogens is 80.1 g/mol. The maximum Gasteiger partial charge on any atom is 0.0835 e. The van der Waals surface area contributed by atoms with Crippen molar-refractivity contribution in [1.29, 1.82) is 0 Å². The predicted molar refractivity (Wildman–Crippen MR) is 24.8 cm³/mol. The van der Waals surface area contributed by atoms with Crippen molar-refractivity contribution in [2.45, 2.75) is 0 Å². The average Bonchev–Trinajstić information content (AvgIpc) is 1.35. The molecule has 0 radical (unpaired) electrons. The summed E-state index contributed by atoms with van der Waals surface area (Å²) in [6, 6.07) is 0. The van der Waals surface area contributed by atoms with Crippen molar-refractivity contribution in [3.63, 3.8) is 0 Å². The molecule has 0 aromatic heterocycles. The summed E-state index contributed by atoms with van der Waals surface area (Å²) >= 11 is 0. The van der Waals surface area contributed by atoms with Gasteiger partial charge in [0.2, 0.25) is 0 Å². The Balaban J connectivity index is 3.03. The van der Waals surface area contributed by atoms with Crippen LogP contribution in [-0.2, 0) is 0 Å². The van der Waals surface area contributed by atoms with E-state index in [0.717, 1.165) is 0 Å². The molecular formula is C2H7N4-. The van der Waals surface area contributed by atoms with Crippen LogP contribution in [0.3, 0.4) is 0 Å². The Hall–Kier alpha value is -0.770. The van der Waals surface area contributed by atoms with Crippen LogP contribution in [0.5, 0.6) is 0 Å². The van der Waals surface area contributed by atoms with Crippen molar-refractivity contribution in [1.82, 2.24) is 5.01 Å². The maximum atomic E-state index is 6.18. The van der Waals surface area contributed by atoms with E-state index in [4.69, 9.17) is 11.7 Å². The SMILES string of the molecule is CN(N)/C=N\[NH-]. The van der Waals surface area contributed by atoms with Gasteiger partial charge in [0.05, 0.1) is 6.34 Å². The molecule has 0 spiro atoms. The molecule has 0 aromatic rings. The summed E-state index contributed by atoms with van der Waals surface area (Å²) < 4.78 is 0. The van der Waals surface area contributed by atoms with Crippen LogP contribution in [0, 0.1) is 0 Å². The lowest BCUT2D eigenvalue weighted by Gasteiger charge is -2.01. The Morgan fingerprint density at radius 1 is 2.00 bits per heavy atom. The summed E-state index contributed by atoms with van der Waals surface area (Å²) in [5, 5.41) is 4.06. The van der Waals surface area contributed by atoms with Crippen molar-refractivity contribution in [2.75, 3.05) is 7.05 Å². The smallest absolute Gasteiger partial charge is 0.0835 e. The highest BCUT2D eigenvalue weighted by atomic mass is 15.4. The monoisotopic (exact) mass is 87.1 g/mol. The van der Waals surface area contributed by atoms with Crippen LogP contribution in [0.1, 0.15) is 0 Å². The number of nitrogens with one attached hydrogen (secondary N) is 1. The minimum absolute atomic E-state index is 1.19. The molecule has 0 aromatic carbocycles. The highest BCUT2D eigenvalue weighted by molar-refractivity contribution is 5.53. The third-order valence-corrected chi connectivity index (χ3v) is 0.240. The van der Waals surface area contributed by atoms with Gasteiger partial charge in [-0.3, -0.25) is 0 Å². The van der Waals surface area contributed by atoms with Crippen LogP contribution < -0.4 is 5.84 Å². The first kappa shape index (κ1) is 5.23. The normalized spacial score (nSPS) is 9.67. The number of nitrogens with two attached hydrogens (primary N) is 1. The van der Waals surface area contributed by atoms with Gasteiger partial charge in [0, 0.05) is 7.05 Å². The summed E-state index contributed by atoms with van der Waals surface area (Å²) in [7, 11) is 1.60. The van der Waals surface area contributed by atoms with Crippen LogP contribution >= 0.6 is 0 Å². The van der Waals surface area contributed by atoms with Gasteiger partial charge < -0.3 is 16.0 Å². The second-order valence-corrected chi connectivity index (χ2v) is 0.910. The van der Waals surface area contributed by atoms with E-state index in [1.807, 2.05) is 0 Å². The van der Waals surface area contributed by atoms with Crippen LogP contribution in [0.25, 0.3) is 5.84 Å². The molecule has 0 unspecified atom stereocenters. The Labute approximate surface area is 36.4 Å². The molecule has 0 heterocycles. The molecule has 4 nitrogen and oxygen atoms in total. The number of rotatable bonds is 1. The van der Waals surface area contributed by atoms with Crippen molar-refractivity contribution < 1.29 is 0 Å². The van der Waals surface area contributed by atoms with Gasteiger partial charge in [-0.05, 0) is 0 Å². The number of hydrazine groups is 1. The Morgan fingerprint density at radius 3 is 2.50 bits per heavy atom. The van der Waals surface area contributed by atoms with E-state index in [9.17, 15) is 0 Å². The minimum atomic E-state index is 1.19. The predicted octanol–water partition coefficient (Wildman–Crippen LogP) is -0.213. The topological polar surface area (TPSA) is 65.4 Å².